The van der Waals surface area contributed by atoms with E-state index >= 15 is 0 Å². The van der Waals surface area contributed by atoms with Gasteiger partial charge in [0.05, 0.1) is 10.9 Å². The van der Waals surface area contributed by atoms with Crippen LogP contribution in [-0.4, -0.2) is 26.2 Å². The molecule has 1 fully saturated rings. The van der Waals surface area contributed by atoms with Crippen LogP contribution in [-0.2, 0) is 9.84 Å². The Kier molecular flexibility index (Phi) is 3.51. The first kappa shape index (κ1) is 12.5. The zero-order valence-corrected chi connectivity index (χ0v) is 10.8. The second-order valence-corrected chi connectivity index (χ2v) is 6.54. The van der Waals surface area contributed by atoms with E-state index in [9.17, 15) is 8.42 Å². The molecular weight excluding hydrogens is 236 g/mol. The molecule has 0 aromatic heterocycles. The number of hydrazine groups is 1. The summed E-state index contributed by atoms with van der Waals surface area (Å²) >= 11 is 0. The zero-order valence-electron chi connectivity index (χ0n) is 9.96. The van der Waals surface area contributed by atoms with Crippen molar-refractivity contribution < 1.29 is 8.42 Å². The maximum Gasteiger partial charge on any atom is 0.175 e. The van der Waals surface area contributed by atoms with Gasteiger partial charge in [-0.3, -0.25) is 5.84 Å². The summed E-state index contributed by atoms with van der Waals surface area (Å²) in [6.45, 7) is 0.822. The number of nitrogens with zero attached hydrogens (tertiary/aromatic N) is 1. The highest BCUT2D eigenvalue weighted by Crippen LogP contribution is 2.32. The summed E-state index contributed by atoms with van der Waals surface area (Å²) in [6, 6.07) is 7.17. The second-order valence-electron chi connectivity index (χ2n) is 4.56. The Morgan fingerprint density at radius 2 is 2.00 bits per heavy atom. The molecule has 1 aromatic rings. The lowest BCUT2D eigenvalue weighted by Gasteiger charge is -2.33. The van der Waals surface area contributed by atoms with E-state index in [-0.39, 0.29) is 6.04 Å². The van der Waals surface area contributed by atoms with Gasteiger partial charge in [-0.05, 0) is 24.5 Å². The summed E-state index contributed by atoms with van der Waals surface area (Å²) in [7, 11) is -3.19. The fourth-order valence-electron chi connectivity index (χ4n) is 2.38. The lowest BCUT2D eigenvalue weighted by Crippen LogP contribution is -2.39. The molecule has 1 saturated heterocycles. The molecule has 2 N–H and O–H groups in total. The summed E-state index contributed by atoms with van der Waals surface area (Å²) in [4.78, 5) is 0.405. The SMILES string of the molecule is CS(=O)(=O)c1ccccc1C1CCCCN1N. The van der Waals surface area contributed by atoms with E-state index in [1.807, 2.05) is 12.1 Å². The van der Waals surface area contributed by atoms with Gasteiger partial charge < -0.3 is 0 Å². The van der Waals surface area contributed by atoms with Crippen molar-refractivity contribution in [2.45, 2.75) is 30.2 Å². The van der Waals surface area contributed by atoms with E-state index in [1.165, 1.54) is 6.26 Å². The molecule has 1 unspecified atom stereocenters. The molecule has 1 aliphatic heterocycles. The highest BCUT2D eigenvalue weighted by atomic mass is 32.2. The van der Waals surface area contributed by atoms with Gasteiger partial charge >= 0.3 is 0 Å². The summed E-state index contributed by atoms with van der Waals surface area (Å²) < 4.78 is 23.5. The predicted molar refractivity (Wildman–Crippen MR) is 67.0 cm³/mol. The van der Waals surface area contributed by atoms with Crippen LogP contribution in [0.3, 0.4) is 0 Å². The van der Waals surface area contributed by atoms with Crippen molar-refractivity contribution in [3.63, 3.8) is 0 Å². The molecule has 17 heavy (non-hydrogen) atoms. The smallest absolute Gasteiger partial charge is 0.175 e. The molecule has 0 aliphatic carbocycles. The monoisotopic (exact) mass is 254 g/mol. The third-order valence-corrected chi connectivity index (χ3v) is 4.39. The van der Waals surface area contributed by atoms with Crippen molar-refractivity contribution in [3.05, 3.63) is 29.8 Å². The Balaban J connectivity index is 2.44. The average Bonchev–Trinajstić information content (AvgIpc) is 2.28. The van der Waals surface area contributed by atoms with Gasteiger partial charge in [0.1, 0.15) is 0 Å². The van der Waals surface area contributed by atoms with Crippen LogP contribution in [0, 0.1) is 0 Å². The topological polar surface area (TPSA) is 63.4 Å². The lowest BCUT2D eigenvalue weighted by molar-refractivity contribution is 0.149. The standard InChI is InChI=1S/C12H18N2O2S/c1-17(15,16)12-8-3-2-6-10(12)11-7-4-5-9-14(11)13/h2-3,6,8,11H,4-5,7,9,13H2,1H3. The van der Waals surface area contributed by atoms with Crippen LogP contribution in [0.2, 0.25) is 0 Å². The molecule has 1 aliphatic rings. The minimum absolute atomic E-state index is 0.0228. The van der Waals surface area contributed by atoms with Gasteiger partial charge in [0, 0.05) is 12.8 Å². The predicted octanol–water partition coefficient (Wildman–Crippen LogP) is 1.49. The maximum atomic E-state index is 11.7. The molecule has 4 nitrogen and oxygen atoms in total. The van der Waals surface area contributed by atoms with Crippen LogP contribution in [0.15, 0.2) is 29.2 Å². The van der Waals surface area contributed by atoms with E-state index in [4.69, 9.17) is 5.84 Å². The number of sulfone groups is 1. The molecule has 94 valence electrons. The van der Waals surface area contributed by atoms with Crippen molar-refractivity contribution in [1.29, 1.82) is 0 Å². The van der Waals surface area contributed by atoms with Crippen LogP contribution in [0.25, 0.3) is 0 Å². The molecule has 0 saturated carbocycles. The molecule has 1 heterocycles. The summed E-state index contributed by atoms with van der Waals surface area (Å²) in [6.07, 6.45) is 4.34. The first-order valence-electron chi connectivity index (χ1n) is 5.80. The maximum absolute atomic E-state index is 11.7. The van der Waals surface area contributed by atoms with Crippen molar-refractivity contribution in [2.24, 2.45) is 5.84 Å². The van der Waals surface area contributed by atoms with Crippen molar-refractivity contribution >= 4 is 9.84 Å². The van der Waals surface area contributed by atoms with Gasteiger partial charge in [-0.1, -0.05) is 24.6 Å². The van der Waals surface area contributed by atoms with Crippen LogP contribution >= 0.6 is 0 Å². The quantitative estimate of drug-likeness (QED) is 0.812. The van der Waals surface area contributed by atoms with Crippen LogP contribution in [0.4, 0.5) is 0 Å². The van der Waals surface area contributed by atoms with E-state index in [1.54, 1.807) is 17.1 Å². The van der Waals surface area contributed by atoms with E-state index < -0.39 is 9.84 Å². The normalized spacial score (nSPS) is 22.6. The van der Waals surface area contributed by atoms with Crippen molar-refractivity contribution in [2.75, 3.05) is 12.8 Å². The fourth-order valence-corrected chi connectivity index (χ4v) is 3.34. The molecule has 1 aromatic carbocycles. The number of benzene rings is 1. The average molecular weight is 254 g/mol. The number of hydrogen-bond donors (Lipinski definition) is 1. The molecule has 1 atom stereocenters. The first-order chi connectivity index (χ1) is 8.00. The van der Waals surface area contributed by atoms with E-state index in [2.05, 4.69) is 0 Å². The Hall–Kier alpha value is -0.910. The van der Waals surface area contributed by atoms with E-state index in [0.717, 1.165) is 31.4 Å². The van der Waals surface area contributed by atoms with Gasteiger partial charge in [0.25, 0.3) is 0 Å². The largest absolute Gasteiger partial charge is 0.268 e. The molecule has 0 radical (unpaired) electrons. The number of rotatable bonds is 2. The summed E-state index contributed by atoms with van der Waals surface area (Å²) in [5, 5.41) is 1.76. The van der Waals surface area contributed by atoms with E-state index in [0.29, 0.717) is 4.90 Å². The molecule has 2 rings (SSSR count). The molecular formula is C12H18N2O2S. The number of nitrogens with two attached hydrogens (primary N) is 1. The summed E-state index contributed by atoms with van der Waals surface area (Å²) in [5.41, 5.74) is 0.831. The fraction of sp³-hybridized carbons (Fsp3) is 0.500. The van der Waals surface area contributed by atoms with Crippen molar-refractivity contribution in [1.82, 2.24) is 5.01 Å². The third kappa shape index (κ3) is 2.68. The van der Waals surface area contributed by atoms with Crippen LogP contribution < -0.4 is 5.84 Å². The molecule has 0 amide bonds. The van der Waals surface area contributed by atoms with Crippen molar-refractivity contribution in [3.8, 4) is 0 Å². The highest BCUT2D eigenvalue weighted by Gasteiger charge is 2.25. The lowest BCUT2D eigenvalue weighted by atomic mass is 9.97. The van der Waals surface area contributed by atoms with Gasteiger partial charge in [-0.15, -0.1) is 0 Å². The Bertz CT molecular complexity index is 499. The third-order valence-electron chi connectivity index (χ3n) is 3.22. The van der Waals surface area contributed by atoms with Crippen LogP contribution in [0.5, 0.6) is 0 Å². The summed E-state index contributed by atoms with van der Waals surface area (Å²) in [5.74, 6) is 5.96. The highest BCUT2D eigenvalue weighted by molar-refractivity contribution is 7.90. The Labute approximate surface area is 102 Å². The van der Waals surface area contributed by atoms with Crippen LogP contribution in [0.1, 0.15) is 30.9 Å². The number of hydrogen-bond acceptors (Lipinski definition) is 4. The minimum atomic E-state index is -3.19. The van der Waals surface area contributed by atoms with Gasteiger partial charge in [-0.2, -0.15) is 0 Å². The Morgan fingerprint density at radius 1 is 1.29 bits per heavy atom. The zero-order chi connectivity index (χ0) is 12.5. The first-order valence-corrected chi connectivity index (χ1v) is 7.69. The Morgan fingerprint density at radius 3 is 2.65 bits per heavy atom. The molecule has 0 bridgehead atoms. The molecule has 0 spiro atoms. The number of piperidine rings is 1. The second kappa shape index (κ2) is 4.76. The van der Waals surface area contributed by atoms with Gasteiger partial charge in [-0.25, -0.2) is 13.4 Å². The van der Waals surface area contributed by atoms with Gasteiger partial charge in [0.2, 0.25) is 0 Å². The van der Waals surface area contributed by atoms with Gasteiger partial charge in [0.15, 0.2) is 9.84 Å². The molecule has 5 heteroatoms. The minimum Gasteiger partial charge on any atom is -0.268 e.